The second-order valence-electron chi connectivity index (χ2n) is 8.38. The number of nitrogens with one attached hydrogen (secondary N) is 3. The van der Waals surface area contributed by atoms with Crippen molar-refractivity contribution >= 4 is 11.7 Å². The van der Waals surface area contributed by atoms with Crippen molar-refractivity contribution in [2.75, 3.05) is 31.1 Å². The summed E-state index contributed by atoms with van der Waals surface area (Å²) in [5.74, 6) is 2.76. The molecule has 5 rings (SSSR count). The Morgan fingerprint density at radius 2 is 2.11 bits per heavy atom. The standard InChI is InChI=1S/C21H28N6O/c1-13-19(14-5-6-14)26-20(23-13)17-3-2-4-18(25-17)27-10-8-16(12-27)24-21(28)15-7-9-22-11-15/h2-4,14-16,22H,5-12H2,1H3,(H,23,26)(H,24,28)/t15-,16-/m1/s1. The van der Waals surface area contributed by atoms with Crippen molar-refractivity contribution < 1.29 is 4.79 Å². The Hall–Kier alpha value is -2.41. The summed E-state index contributed by atoms with van der Waals surface area (Å²) in [6.07, 6.45) is 4.40. The fourth-order valence-corrected chi connectivity index (χ4v) is 4.36. The Morgan fingerprint density at radius 1 is 1.21 bits per heavy atom. The molecule has 2 aliphatic heterocycles. The third-order valence-corrected chi connectivity index (χ3v) is 6.15. The fraction of sp³-hybridized carbons (Fsp3) is 0.571. The molecule has 1 aliphatic carbocycles. The number of H-pyrrole nitrogens is 1. The van der Waals surface area contributed by atoms with Crippen molar-refractivity contribution in [2.45, 2.75) is 44.6 Å². The number of hydrogen-bond acceptors (Lipinski definition) is 5. The zero-order valence-electron chi connectivity index (χ0n) is 16.4. The van der Waals surface area contributed by atoms with E-state index < -0.39 is 0 Å². The summed E-state index contributed by atoms with van der Waals surface area (Å²) >= 11 is 0. The summed E-state index contributed by atoms with van der Waals surface area (Å²) in [6, 6.07) is 6.31. The molecule has 1 amide bonds. The Morgan fingerprint density at radius 3 is 2.89 bits per heavy atom. The molecule has 2 aromatic rings. The van der Waals surface area contributed by atoms with E-state index in [0.717, 1.165) is 62.1 Å². The second-order valence-corrected chi connectivity index (χ2v) is 8.38. The maximum atomic E-state index is 12.4. The van der Waals surface area contributed by atoms with Crippen molar-refractivity contribution in [3.63, 3.8) is 0 Å². The van der Waals surface area contributed by atoms with Crippen molar-refractivity contribution in [3.05, 3.63) is 29.6 Å². The van der Waals surface area contributed by atoms with Gasteiger partial charge in [-0.15, -0.1) is 0 Å². The first-order chi connectivity index (χ1) is 13.7. The largest absolute Gasteiger partial charge is 0.354 e. The van der Waals surface area contributed by atoms with Gasteiger partial charge in [-0.05, 0) is 51.3 Å². The van der Waals surface area contributed by atoms with E-state index in [9.17, 15) is 4.79 Å². The van der Waals surface area contributed by atoms with E-state index >= 15 is 0 Å². The summed E-state index contributed by atoms with van der Waals surface area (Å²) in [6.45, 7) is 5.57. The molecule has 2 aromatic heterocycles. The first kappa shape index (κ1) is 17.7. The van der Waals surface area contributed by atoms with Gasteiger partial charge in [0.25, 0.3) is 0 Å². The highest BCUT2D eigenvalue weighted by Gasteiger charge is 2.30. The quantitative estimate of drug-likeness (QED) is 0.738. The summed E-state index contributed by atoms with van der Waals surface area (Å²) in [7, 11) is 0. The maximum Gasteiger partial charge on any atom is 0.224 e. The van der Waals surface area contributed by atoms with Crippen LogP contribution in [0.3, 0.4) is 0 Å². The number of anilines is 1. The van der Waals surface area contributed by atoms with E-state index in [2.05, 4.69) is 27.4 Å². The van der Waals surface area contributed by atoms with Crippen molar-refractivity contribution in [2.24, 2.45) is 5.92 Å². The average molecular weight is 380 g/mol. The van der Waals surface area contributed by atoms with Crippen LogP contribution in [0.1, 0.15) is 43.0 Å². The molecule has 2 atom stereocenters. The lowest BCUT2D eigenvalue weighted by atomic mass is 10.1. The van der Waals surface area contributed by atoms with Gasteiger partial charge in [-0.25, -0.2) is 9.97 Å². The second kappa shape index (κ2) is 7.20. The van der Waals surface area contributed by atoms with E-state index in [1.807, 2.05) is 18.2 Å². The fourth-order valence-electron chi connectivity index (χ4n) is 4.36. The molecule has 7 nitrogen and oxygen atoms in total. The monoisotopic (exact) mass is 380 g/mol. The summed E-state index contributed by atoms with van der Waals surface area (Å²) in [5.41, 5.74) is 3.25. The lowest BCUT2D eigenvalue weighted by Crippen LogP contribution is -2.41. The van der Waals surface area contributed by atoms with Crippen LogP contribution in [-0.2, 0) is 4.79 Å². The predicted octanol–water partition coefficient (Wildman–Crippen LogP) is 1.96. The van der Waals surface area contributed by atoms with Gasteiger partial charge in [0.15, 0.2) is 5.82 Å². The number of rotatable bonds is 5. The first-order valence-corrected chi connectivity index (χ1v) is 10.5. The zero-order valence-corrected chi connectivity index (χ0v) is 16.4. The zero-order chi connectivity index (χ0) is 19.1. The summed E-state index contributed by atoms with van der Waals surface area (Å²) in [5, 5.41) is 6.49. The third kappa shape index (κ3) is 3.51. The lowest BCUT2D eigenvalue weighted by Gasteiger charge is -2.19. The summed E-state index contributed by atoms with van der Waals surface area (Å²) < 4.78 is 0. The maximum absolute atomic E-state index is 12.4. The van der Waals surface area contributed by atoms with Gasteiger partial charge in [-0.1, -0.05) is 6.07 Å². The number of amides is 1. The Bertz CT molecular complexity index is 868. The minimum atomic E-state index is 0.123. The summed E-state index contributed by atoms with van der Waals surface area (Å²) in [4.78, 5) is 27.7. The highest BCUT2D eigenvalue weighted by atomic mass is 16.2. The average Bonchev–Trinajstić information content (AvgIpc) is 3.12. The number of aromatic nitrogens is 3. The number of nitrogens with zero attached hydrogens (tertiary/aromatic N) is 3. The molecular weight excluding hydrogens is 352 g/mol. The van der Waals surface area contributed by atoms with Crippen LogP contribution in [0.25, 0.3) is 11.5 Å². The molecule has 1 saturated carbocycles. The molecule has 0 unspecified atom stereocenters. The van der Waals surface area contributed by atoms with Gasteiger partial charge in [0.2, 0.25) is 5.91 Å². The van der Waals surface area contributed by atoms with Crippen LogP contribution in [-0.4, -0.2) is 53.1 Å². The smallest absolute Gasteiger partial charge is 0.224 e. The van der Waals surface area contributed by atoms with Crippen LogP contribution in [0, 0.1) is 12.8 Å². The molecule has 0 bridgehead atoms. The topological polar surface area (TPSA) is 85.9 Å². The SMILES string of the molecule is Cc1[nH]c(-c2cccc(N3CC[C@@H](NC(=O)[C@@H]4CCNC4)C3)n2)nc1C1CC1. The number of aromatic amines is 1. The molecule has 3 fully saturated rings. The number of imidazole rings is 1. The number of carbonyl (C=O) groups is 1. The van der Waals surface area contributed by atoms with Gasteiger partial charge in [0.05, 0.1) is 11.6 Å². The Kier molecular flexibility index (Phi) is 4.55. The van der Waals surface area contributed by atoms with Crippen molar-refractivity contribution in [1.29, 1.82) is 0 Å². The number of carbonyl (C=O) groups excluding carboxylic acids is 1. The molecule has 28 heavy (non-hydrogen) atoms. The molecule has 7 heteroatoms. The number of hydrogen-bond donors (Lipinski definition) is 3. The molecular formula is C21H28N6O. The van der Waals surface area contributed by atoms with Gasteiger partial charge < -0.3 is 20.5 Å². The van der Waals surface area contributed by atoms with E-state index in [1.165, 1.54) is 18.5 Å². The molecule has 0 spiro atoms. The predicted molar refractivity (Wildman–Crippen MR) is 108 cm³/mol. The van der Waals surface area contributed by atoms with Crippen LogP contribution >= 0.6 is 0 Å². The molecule has 148 valence electrons. The Balaban J connectivity index is 1.26. The van der Waals surface area contributed by atoms with E-state index in [1.54, 1.807) is 0 Å². The van der Waals surface area contributed by atoms with Gasteiger partial charge in [-0.3, -0.25) is 4.79 Å². The molecule has 3 N–H and O–H groups in total. The van der Waals surface area contributed by atoms with Gasteiger partial charge >= 0.3 is 0 Å². The number of pyridine rings is 1. The highest BCUT2D eigenvalue weighted by molar-refractivity contribution is 5.79. The van der Waals surface area contributed by atoms with Crippen molar-refractivity contribution in [1.82, 2.24) is 25.6 Å². The minimum absolute atomic E-state index is 0.123. The van der Waals surface area contributed by atoms with Crippen LogP contribution in [0.5, 0.6) is 0 Å². The number of aryl methyl sites for hydroxylation is 1. The highest BCUT2D eigenvalue weighted by Crippen LogP contribution is 2.41. The molecule has 0 aromatic carbocycles. The molecule has 3 aliphatic rings. The van der Waals surface area contributed by atoms with Crippen molar-refractivity contribution in [3.8, 4) is 11.5 Å². The van der Waals surface area contributed by atoms with Gasteiger partial charge in [0.1, 0.15) is 11.5 Å². The minimum Gasteiger partial charge on any atom is -0.354 e. The van der Waals surface area contributed by atoms with Crippen LogP contribution < -0.4 is 15.5 Å². The van der Waals surface area contributed by atoms with Crippen LogP contribution in [0.4, 0.5) is 5.82 Å². The van der Waals surface area contributed by atoms with Gasteiger partial charge in [-0.2, -0.15) is 0 Å². The normalized spacial score (nSPS) is 24.7. The van der Waals surface area contributed by atoms with E-state index in [0.29, 0.717) is 5.92 Å². The third-order valence-electron chi connectivity index (χ3n) is 6.15. The van der Waals surface area contributed by atoms with E-state index in [-0.39, 0.29) is 17.9 Å². The van der Waals surface area contributed by atoms with E-state index in [4.69, 9.17) is 9.97 Å². The lowest BCUT2D eigenvalue weighted by molar-refractivity contribution is -0.125. The molecule has 4 heterocycles. The van der Waals surface area contributed by atoms with Crippen LogP contribution in [0.15, 0.2) is 18.2 Å². The van der Waals surface area contributed by atoms with Crippen LogP contribution in [0.2, 0.25) is 0 Å². The molecule has 0 radical (unpaired) electrons. The first-order valence-electron chi connectivity index (χ1n) is 10.5. The molecule has 2 saturated heterocycles. The Labute approximate surface area is 165 Å². The van der Waals surface area contributed by atoms with Gasteiger partial charge in [0, 0.05) is 37.3 Å².